The van der Waals surface area contributed by atoms with Crippen LogP contribution in [0.4, 0.5) is 0 Å². The van der Waals surface area contributed by atoms with Gasteiger partial charge in [-0.15, -0.1) is 0 Å². The third-order valence-corrected chi connectivity index (χ3v) is 5.43. The van der Waals surface area contributed by atoms with Gasteiger partial charge in [-0.05, 0) is 29.8 Å². The van der Waals surface area contributed by atoms with Gasteiger partial charge in [0.1, 0.15) is 11.6 Å². The summed E-state index contributed by atoms with van der Waals surface area (Å²) in [6, 6.07) is 11.4. The number of rotatable bonds is 9. The van der Waals surface area contributed by atoms with Gasteiger partial charge in [-0.2, -0.15) is 0 Å². The number of benzene rings is 1. The Morgan fingerprint density at radius 1 is 1.23 bits per heavy atom. The highest BCUT2D eigenvalue weighted by Gasteiger charge is 2.22. The molecule has 1 fully saturated rings. The number of furan rings is 1. The third-order valence-electron chi connectivity index (χ3n) is 5.43. The van der Waals surface area contributed by atoms with Crippen LogP contribution in [0.3, 0.4) is 0 Å². The molecule has 8 heteroatoms. The van der Waals surface area contributed by atoms with Gasteiger partial charge >= 0.3 is 0 Å². The second kappa shape index (κ2) is 10.3. The van der Waals surface area contributed by atoms with Crippen LogP contribution in [0.15, 0.2) is 59.5 Å². The molecule has 0 radical (unpaired) electrons. The maximum atomic E-state index is 13.1. The van der Waals surface area contributed by atoms with Crippen molar-refractivity contribution < 1.29 is 18.7 Å². The topological polar surface area (TPSA) is 73.0 Å². The highest BCUT2D eigenvalue weighted by Crippen LogP contribution is 2.16. The lowest BCUT2D eigenvalue weighted by molar-refractivity contribution is 0.0314. The second-order valence-electron chi connectivity index (χ2n) is 7.48. The average Bonchev–Trinajstić information content (AvgIpc) is 3.49. The Morgan fingerprint density at radius 2 is 2.10 bits per heavy atom. The van der Waals surface area contributed by atoms with Gasteiger partial charge in [0, 0.05) is 45.1 Å². The van der Waals surface area contributed by atoms with Gasteiger partial charge in [-0.3, -0.25) is 9.69 Å². The number of imidazole rings is 1. The molecular weight excluding hydrogens is 396 g/mol. The SMILES string of the molecule is COc1cccc(Cn2ccnc2CN(CCN2CCOCC2)C(=O)c2ccco2)c1. The molecule has 31 heavy (non-hydrogen) atoms. The summed E-state index contributed by atoms with van der Waals surface area (Å²) in [7, 11) is 1.66. The predicted octanol–water partition coefficient (Wildman–Crippen LogP) is 2.51. The molecule has 0 unspecified atom stereocenters. The summed E-state index contributed by atoms with van der Waals surface area (Å²) in [5.41, 5.74) is 1.11. The van der Waals surface area contributed by atoms with E-state index in [1.807, 2.05) is 24.4 Å². The minimum absolute atomic E-state index is 0.130. The maximum absolute atomic E-state index is 13.1. The molecule has 3 aromatic rings. The van der Waals surface area contributed by atoms with E-state index in [1.165, 1.54) is 6.26 Å². The standard InChI is InChI=1S/C23H28N4O4/c1-29-20-5-2-4-19(16-20)17-26-8-7-24-22(26)18-27(23(28)21-6-3-13-31-21)10-9-25-11-14-30-15-12-25/h2-8,13,16H,9-12,14-15,17-18H2,1H3. The molecule has 1 aliphatic rings. The van der Waals surface area contributed by atoms with Crippen molar-refractivity contribution in [3.05, 3.63) is 72.2 Å². The van der Waals surface area contributed by atoms with Gasteiger partial charge in [0.05, 0.1) is 33.1 Å². The van der Waals surface area contributed by atoms with Crippen molar-refractivity contribution in [2.75, 3.05) is 46.5 Å². The first-order valence-electron chi connectivity index (χ1n) is 10.5. The van der Waals surface area contributed by atoms with Crippen LogP contribution in [0.25, 0.3) is 0 Å². The van der Waals surface area contributed by atoms with Crippen LogP contribution in [-0.2, 0) is 17.8 Å². The predicted molar refractivity (Wildman–Crippen MR) is 115 cm³/mol. The number of methoxy groups -OCH3 is 1. The van der Waals surface area contributed by atoms with E-state index in [2.05, 4.69) is 20.5 Å². The van der Waals surface area contributed by atoms with Crippen molar-refractivity contribution in [2.45, 2.75) is 13.1 Å². The zero-order chi connectivity index (χ0) is 21.5. The number of hydrogen-bond acceptors (Lipinski definition) is 6. The molecule has 3 heterocycles. The molecule has 1 aromatic carbocycles. The van der Waals surface area contributed by atoms with Crippen LogP contribution in [0.1, 0.15) is 21.9 Å². The van der Waals surface area contributed by atoms with Crippen LogP contribution in [0.2, 0.25) is 0 Å². The van der Waals surface area contributed by atoms with Gasteiger partial charge in [0.2, 0.25) is 0 Å². The Balaban J connectivity index is 1.48. The first-order chi connectivity index (χ1) is 15.2. The summed E-state index contributed by atoms with van der Waals surface area (Å²) >= 11 is 0. The zero-order valence-electron chi connectivity index (χ0n) is 17.8. The van der Waals surface area contributed by atoms with Crippen LogP contribution in [0, 0.1) is 0 Å². The highest BCUT2D eigenvalue weighted by atomic mass is 16.5. The number of amides is 1. The first-order valence-corrected chi connectivity index (χ1v) is 10.5. The van der Waals surface area contributed by atoms with E-state index in [9.17, 15) is 4.79 Å². The smallest absolute Gasteiger partial charge is 0.289 e. The molecule has 0 aliphatic carbocycles. The molecule has 4 rings (SSSR count). The van der Waals surface area contributed by atoms with Crippen molar-refractivity contribution in [3.8, 4) is 5.75 Å². The fourth-order valence-electron chi connectivity index (χ4n) is 3.67. The molecule has 164 valence electrons. The Kier molecular flexibility index (Phi) is 7.01. The van der Waals surface area contributed by atoms with Gasteiger partial charge in [-0.25, -0.2) is 4.98 Å². The van der Waals surface area contributed by atoms with Crippen molar-refractivity contribution in [1.82, 2.24) is 19.4 Å². The maximum Gasteiger partial charge on any atom is 0.289 e. The second-order valence-corrected chi connectivity index (χ2v) is 7.48. The first kappa shape index (κ1) is 21.1. The third kappa shape index (κ3) is 5.53. The molecule has 0 atom stereocenters. The molecule has 2 aromatic heterocycles. The average molecular weight is 425 g/mol. The Hall–Kier alpha value is -3.10. The van der Waals surface area contributed by atoms with Crippen molar-refractivity contribution in [1.29, 1.82) is 0 Å². The van der Waals surface area contributed by atoms with Gasteiger partial charge < -0.3 is 23.4 Å². The molecule has 1 saturated heterocycles. The monoisotopic (exact) mass is 424 g/mol. The molecule has 1 aliphatic heterocycles. The summed E-state index contributed by atoms with van der Waals surface area (Å²) in [5, 5.41) is 0. The summed E-state index contributed by atoms with van der Waals surface area (Å²) in [6.07, 6.45) is 5.23. The normalized spacial score (nSPS) is 14.5. The number of morpholine rings is 1. The largest absolute Gasteiger partial charge is 0.497 e. The summed E-state index contributed by atoms with van der Waals surface area (Å²) in [4.78, 5) is 21.7. The summed E-state index contributed by atoms with van der Waals surface area (Å²) in [6.45, 7) is 5.66. The van der Waals surface area contributed by atoms with Crippen LogP contribution in [0.5, 0.6) is 5.75 Å². The minimum Gasteiger partial charge on any atom is -0.497 e. The summed E-state index contributed by atoms with van der Waals surface area (Å²) in [5.74, 6) is 1.85. The fraction of sp³-hybridized carbons (Fsp3) is 0.391. The number of hydrogen-bond donors (Lipinski definition) is 0. The van der Waals surface area contributed by atoms with E-state index in [0.29, 0.717) is 25.4 Å². The molecule has 0 N–H and O–H groups in total. The van der Waals surface area contributed by atoms with E-state index in [-0.39, 0.29) is 5.91 Å². The van der Waals surface area contributed by atoms with Gasteiger partial charge in [-0.1, -0.05) is 12.1 Å². The van der Waals surface area contributed by atoms with E-state index in [1.54, 1.807) is 30.3 Å². The lowest BCUT2D eigenvalue weighted by Crippen LogP contribution is -2.43. The Bertz CT molecular complexity index is 964. The quantitative estimate of drug-likeness (QED) is 0.526. The van der Waals surface area contributed by atoms with Gasteiger partial charge in [0.25, 0.3) is 5.91 Å². The number of aromatic nitrogens is 2. The number of carbonyl (C=O) groups is 1. The van der Waals surface area contributed by atoms with Crippen LogP contribution < -0.4 is 4.74 Å². The summed E-state index contributed by atoms with van der Waals surface area (Å²) < 4.78 is 18.2. The molecule has 0 spiro atoms. The van der Waals surface area contributed by atoms with E-state index in [0.717, 1.165) is 50.0 Å². The minimum atomic E-state index is -0.130. The Morgan fingerprint density at radius 3 is 2.87 bits per heavy atom. The van der Waals surface area contributed by atoms with E-state index < -0.39 is 0 Å². The van der Waals surface area contributed by atoms with E-state index >= 15 is 0 Å². The molecule has 0 saturated carbocycles. The zero-order valence-corrected chi connectivity index (χ0v) is 17.8. The molecule has 8 nitrogen and oxygen atoms in total. The van der Waals surface area contributed by atoms with Crippen molar-refractivity contribution >= 4 is 5.91 Å². The van der Waals surface area contributed by atoms with Crippen LogP contribution >= 0.6 is 0 Å². The number of nitrogens with zero attached hydrogens (tertiary/aromatic N) is 4. The number of carbonyl (C=O) groups excluding carboxylic acids is 1. The van der Waals surface area contributed by atoms with Crippen molar-refractivity contribution in [3.63, 3.8) is 0 Å². The van der Waals surface area contributed by atoms with Gasteiger partial charge in [0.15, 0.2) is 5.76 Å². The van der Waals surface area contributed by atoms with Crippen molar-refractivity contribution in [2.24, 2.45) is 0 Å². The lowest BCUT2D eigenvalue weighted by Gasteiger charge is -2.29. The highest BCUT2D eigenvalue weighted by molar-refractivity contribution is 5.91. The molecular formula is C23H28N4O4. The Labute approximate surface area is 182 Å². The lowest BCUT2D eigenvalue weighted by atomic mass is 10.2. The molecule has 1 amide bonds. The van der Waals surface area contributed by atoms with E-state index in [4.69, 9.17) is 13.9 Å². The van der Waals surface area contributed by atoms with Crippen LogP contribution in [-0.4, -0.2) is 71.8 Å². The fourth-order valence-corrected chi connectivity index (χ4v) is 3.67. The molecule has 0 bridgehead atoms. The number of ether oxygens (including phenoxy) is 2.